The minimum atomic E-state index is -0.422. The Hall–Kier alpha value is -4.96. The highest BCUT2D eigenvalue weighted by atomic mass is 19.1. The van der Waals surface area contributed by atoms with Gasteiger partial charge in [-0.25, -0.2) is 4.39 Å². The number of piperidine rings is 1. The zero-order chi connectivity index (χ0) is 29.3. The lowest BCUT2D eigenvalue weighted by Crippen LogP contribution is -2.47. The quantitative estimate of drug-likeness (QED) is 0.311. The summed E-state index contributed by atoms with van der Waals surface area (Å²) >= 11 is 0. The average Bonchev–Trinajstić information content (AvgIpc) is 3.33. The average molecular weight is 559 g/mol. The first-order chi connectivity index (χ1) is 20.3. The summed E-state index contributed by atoms with van der Waals surface area (Å²) in [5, 5.41) is 0. The Morgan fingerprint density at radius 2 is 1.52 bits per heavy atom. The monoisotopic (exact) mass is 558 g/mol. The number of halogens is 1. The van der Waals surface area contributed by atoms with Gasteiger partial charge in [0.25, 0.3) is 11.8 Å². The highest BCUT2D eigenvalue weighted by molar-refractivity contribution is 6.08. The number of benzene rings is 3. The minimum absolute atomic E-state index is 0.0677. The molecule has 1 saturated heterocycles. The van der Waals surface area contributed by atoms with Crippen molar-refractivity contribution in [2.75, 3.05) is 43.5 Å². The van der Waals surface area contributed by atoms with Gasteiger partial charge in [-0.2, -0.15) is 0 Å². The van der Waals surface area contributed by atoms with Gasteiger partial charge in [0, 0.05) is 67.7 Å². The van der Waals surface area contributed by atoms with Crippen molar-refractivity contribution in [3.8, 4) is 11.8 Å². The first-order valence-electron chi connectivity index (χ1n) is 14.0. The first kappa shape index (κ1) is 27.2. The van der Waals surface area contributed by atoms with E-state index in [-0.39, 0.29) is 17.6 Å². The van der Waals surface area contributed by atoms with Crippen molar-refractivity contribution in [1.29, 1.82) is 0 Å². The highest BCUT2D eigenvalue weighted by Crippen LogP contribution is 2.48. The van der Waals surface area contributed by atoms with E-state index < -0.39 is 5.41 Å². The molecule has 3 aromatic carbocycles. The fourth-order valence-corrected chi connectivity index (χ4v) is 5.88. The molecule has 0 aliphatic carbocycles. The van der Waals surface area contributed by atoms with Gasteiger partial charge in [0.15, 0.2) is 0 Å². The number of aromatic nitrogens is 1. The largest absolute Gasteiger partial charge is 0.376 e. The summed E-state index contributed by atoms with van der Waals surface area (Å²) in [5.74, 6) is 5.76. The maximum Gasteiger partial charge on any atom is 0.258 e. The van der Waals surface area contributed by atoms with Gasteiger partial charge in [0.2, 0.25) is 0 Å². The maximum atomic E-state index is 14.5. The number of anilines is 2. The van der Waals surface area contributed by atoms with Gasteiger partial charge in [-0.05, 0) is 79.1 Å². The summed E-state index contributed by atoms with van der Waals surface area (Å²) in [4.78, 5) is 36.8. The second-order valence-corrected chi connectivity index (χ2v) is 11.1. The summed E-state index contributed by atoms with van der Waals surface area (Å²) in [5.41, 5.74) is 4.85. The van der Waals surface area contributed by atoms with Gasteiger partial charge < -0.3 is 14.7 Å². The van der Waals surface area contributed by atoms with E-state index in [9.17, 15) is 14.0 Å². The van der Waals surface area contributed by atoms with Crippen molar-refractivity contribution in [3.05, 3.63) is 125 Å². The number of amides is 2. The predicted octanol–water partition coefficient (Wildman–Crippen LogP) is 5.52. The first-order valence-corrected chi connectivity index (χ1v) is 14.0. The molecule has 1 fully saturated rings. The third-order valence-electron chi connectivity index (χ3n) is 8.28. The SMILES string of the molecule is CN(C)c1cncc(C(=O)N2CCC3(CC2)CN(C(=O)c2ccc(C#Cc4ccccc4)cc2)c2ccc(F)cc23)c1. The van der Waals surface area contributed by atoms with Crippen molar-refractivity contribution < 1.29 is 14.0 Å². The van der Waals surface area contributed by atoms with Crippen LogP contribution < -0.4 is 9.80 Å². The van der Waals surface area contributed by atoms with Crippen LogP contribution in [0.3, 0.4) is 0 Å². The van der Waals surface area contributed by atoms with Crippen LogP contribution in [0, 0.1) is 17.7 Å². The van der Waals surface area contributed by atoms with Gasteiger partial charge in [0.05, 0.1) is 17.4 Å². The molecule has 2 aliphatic rings. The molecule has 0 radical (unpaired) electrons. The predicted molar refractivity (Wildman–Crippen MR) is 162 cm³/mol. The van der Waals surface area contributed by atoms with Crippen LogP contribution in [0.25, 0.3) is 0 Å². The van der Waals surface area contributed by atoms with E-state index in [2.05, 4.69) is 16.8 Å². The third kappa shape index (κ3) is 5.24. The Morgan fingerprint density at radius 1 is 0.833 bits per heavy atom. The Labute approximate surface area is 245 Å². The number of nitrogens with zero attached hydrogens (tertiary/aromatic N) is 4. The zero-order valence-corrected chi connectivity index (χ0v) is 23.7. The van der Waals surface area contributed by atoms with E-state index in [4.69, 9.17) is 0 Å². The number of pyridine rings is 1. The molecule has 0 bridgehead atoms. The van der Waals surface area contributed by atoms with Crippen LogP contribution in [0.15, 0.2) is 91.3 Å². The van der Waals surface area contributed by atoms with Gasteiger partial charge in [-0.15, -0.1) is 0 Å². The molecule has 0 saturated carbocycles. The summed E-state index contributed by atoms with van der Waals surface area (Å²) < 4.78 is 14.5. The molecule has 210 valence electrons. The van der Waals surface area contributed by atoms with Gasteiger partial charge in [0.1, 0.15) is 5.82 Å². The molecule has 42 heavy (non-hydrogen) atoms. The fourth-order valence-electron chi connectivity index (χ4n) is 5.88. The van der Waals surface area contributed by atoms with Crippen molar-refractivity contribution in [2.45, 2.75) is 18.3 Å². The molecule has 1 aromatic heterocycles. The van der Waals surface area contributed by atoms with Gasteiger partial charge >= 0.3 is 0 Å². The van der Waals surface area contributed by atoms with Crippen LogP contribution in [0.5, 0.6) is 0 Å². The molecule has 0 unspecified atom stereocenters. The fraction of sp³-hybridized carbons (Fsp3) is 0.229. The molecule has 0 N–H and O–H groups in total. The third-order valence-corrected chi connectivity index (χ3v) is 8.28. The molecule has 2 amide bonds. The summed E-state index contributed by atoms with van der Waals surface area (Å²) in [7, 11) is 3.82. The lowest BCUT2D eigenvalue weighted by Gasteiger charge is -2.40. The summed E-state index contributed by atoms with van der Waals surface area (Å²) in [6.45, 7) is 1.47. The minimum Gasteiger partial charge on any atom is -0.376 e. The van der Waals surface area contributed by atoms with Gasteiger partial charge in [-0.3, -0.25) is 14.6 Å². The molecule has 3 heterocycles. The van der Waals surface area contributed by atoms with Crippen LogP contribution in [0.1, 0.15) is 50.2 Å². The van der Waals surface area contributed by atoms with Crippen LogP contribution in [-0.2, 0) is 5.41 Å². The van der Waals surface area contributed by atoms with E-state index in [1.807, 2.05) is 72.4 Å². The molecule has 7 heteroatoms. The lowest BCUT2D eigenvalue weighted by atomic mass is 9.74. The molecule has 0 atom stereocenters. The summed E-state index contributed by atoms with van der Waals surface area (Å²) in [6.07, 6.45) is 4.59. The lowest BCUT2D eigenvalue weighted by molar-refractivity contribution is 0.0670. The molecule has 4 aromatic rings. The zero-order valence-electron chi connectivity index (χ0n) is 23.7. The van der Waals surface area contributed by atoms with Crippen molar-refractivity contribution in [1.82, 2.24) is 9.88 Å². The number of rotatable bonds is 3. The Kier molecular flexibility index (Phi) is 7.22. The molecule has 1 spiro atoms. The normalized spacial score (nSPS) is 15.1. The molecule has 6 rings (SSSR count). The van der Waals surface area contributed by atoms with Crippen LogP contribution in [0.2, 0.25) is 0 Å². The highest BCUT2D eigenvalue weighted by Gasteiger charge is 2.47. The molecule has 2 aliphatic heterocycles. The second-order valence-electron chi connectivity index (χ2n) is 11.1. The topological polar surface area (TPSA) is 56.8 Å². The maximum absolute atomic E-state index is 14.5. The smallest absolute Gasteiger partial charge is 0.258 e. The number of carbonyl (C=O) groups excluding carboxylic acids is 2. The number of likely N-dealkylation sites (tertiary alicyclic amines) is 1. The number of carbonyl (C=O) groups is 2. The van der Waals surface area contributed by atoms with Crippen molar-refractivity contribution in [3.63, 3.8) is 0 Å². The van der Waals surface area contributed by atoms with E-state index in [0.29, 0.717) is 43.6 Å². The van der Waals surface area contributed by atoms with E-state index >= 15 is 0 Å². The van der Waals surface area contributed by atoms with E-state index in [0.717, 1.165) is 28.1 Å². The molecular weight excluding hydrogens is 527 g/mol. The number of hydrogen-bond acceptors (Lipinski definition) is 4. The van der Waals surface area contributed by atoms with Crippen molar-refractivity contribution in [2.24, 2.45) is 0 Å². The summed E-state index contributed by atoms with van der Waals surface area (Å²) in [6, 6.07) is 23.6. The van der Waals surface area contributed by atoms with Gasteiger partial charge in [-0.1, -0.05) is 30.0 Å². The Bertz CT molecular complexity index is 1700. The van der Waals surface area contributed by atoms with Crippen molar-refractivity contribution >= 4 is 23.2 Å². The second kappa shape index (κ2) is 11.1. The number of hydrogen-bond donors (Lipinski definition) is 0. The van der Waals surface area contributed by atoms with Crippen LogP contribution >= 0.6 is 0 Å². The van der Waals surface area contributed by atoms with Crippen LogP contribution in [-0.4, -0.2) is 55.4 Å². The van der Waals surface area contributed by atoms with Crippen LogP contribution in [0.4, 0.5) is 15.8 Å². The molecular formula is C35H31FN4O2. The van der Waals surface area contributed by atoms with E-state index in [1.165, 1.54) is 6.07 Å². The number of fused-ring (bicyclic) bond motifs is 2. The Morgan fingerprint density at radius 3 is 2.21 bits per heavy atom. The van der Waals surface area contributed by atoms with E-state index in [1.54, 1.807) is 41.6 Å². The molecule has 6 nitrogen and oxygen atoms in total. The standard InChI is InChI=1S/C35H31FN4O2/c1-38(2)30-20-28(22-37-23-30)33(41)39-18-16-35(17-19-39)24-40(32-15-14-29(36)21-31(32)35)34(42)27-12-10-26(11-13-27)9-8-25-6-4-3-5-7-25/h3-7,10-15,20-23H,16-19,24H2,1-2H3. The Balaban J connectivity index is 1.20.